The van der Waals surface area contributed by atoms with E-state index in [2.05, 4.69) is 4.98 Å². The van der Waals surface area contributed by atoms with Gasteiger partial charge in [-0.25, -0.2) is 9.88 Å². The number of carbonyl (C=O) groups is 2. The number of nitro benzene ring substituents is 1. The molecule has 0 atom stereocenters. The van der Waals surface area contributed by atoms with Crippen molar-refractivity contribution in [2.75, 3.05) is 4.90 Å². The van der Waals surface area contributed by atoms with Crippen molar-refractivity contribution >= 4 is 34.3 Å². The zero-order chi connectivity index (χ0) is 24.8. The maximum Gasteiger partial charge on any atom is 0.273 e. The lowest BCUT2D eigenvalue weighted by molar-refractivity contribution is -0.384. The van der Waals surface area contributed by atoms with E-state index >= 15 is 0 Å². The zero-order valence-electron chi connectivity index (χ0n) is 18.5. The second kappa shape index (κ2) is 8.17. The summed E-state index contributed by atoms with van der Waals surface area (Å²) in [6.45, 7) is 0. The van der Waals surface area contributed by atoms with E-state index in [9.17, 15) is 19.7 Å². The van der Waals surface area contributed by atoms with Crippen LogP contribution in [-0.4, -0.2) is 21.7 Å². The number of benzene rings is 4. The number of nitro groups is 1. The number of fused-ring (bicyclic) bond motifs is 2. The molecule has 0 saturated heterocycles. The number of non-ortho nitro benzene ring substituents is 1. The number of ether oxygens (including phenoxy) is 1. The lowest BCUT2D eigenvalue weighted by Gasteiger charge is -2.14. The molecule has 9 nitrogen and oxygen atoms in total. The first kappa shape index (κ1) is 21.2. The van der Waals surface area contributed by atoms with Crippen LogP contribution in [0.15, 0.2) is 95.4 Å². The second-order valence-corrected chi connectivity index (χ2v) is 8.05. The van der Waals surface area contributed by atoms with Crippen molar-refractivity contribution in [2.45, 2.75) is 0 Å². The van der Waals surface area contributed by atoms with Gasteiger partial charge in [0.05, 0.1) is 27.8 Å². The molecule has 2 amide bonds. The quantitative estimate of drug-likeness (QED) is 0.173. The molecule has 0 fully saturated rings. The average molecular weight is 477 g/mol. The van der Waals surface area contributed by atoms with Crippen LogP contribution in [0.3, 0.4) is 0 Å². The molecule has 0 aliphatic carbocycles. The van der Waals surface area contributed by atoms with Gasteiger partial charge in [0.1, 0.15) is 17.0 Å². The first-order valence-corrected chi connectivity index (χ1v) is 10.9. The molecule has 36 heavy (non-hydrogen) atoms. The normalized spacial score (nSPS) is 12.7. The SMILES string of the molecule is O=C1c2ccc(Oc3cccc([N+](=O)[O-])c3)cc2C(=O)N1c1cccc(-c2nc3ccccc3o2)c1. The Kier molecular flexibility index (Phi) is 4.82. The molecular formula is C27H15N3O6. The number of oxazole rings is 1. The number of anilines is 1. The van der Waals surface area contributed by atoms with Gasteiger partial charge in [0.25, 0.3) is 17.5 Å². The highest BCUT2D eigenvalue weighted by atomic mass is 16.6. The zero-order valence-corrected chi connectivity index (χ0v) is 18.5. The lowest BCUT2D eigenvalue weighted by atomic mass is 10.1. The monoisotopic (exact) mass is 477 g/mol. The number of para-hydroxylation sites is 2. The van der Waals surface area contributed by atoms with Crippen LogP contribution < -0.4 is 9.64 Å². The van der Waals surface area contributed by atoms with Crippen molar-refractivity contribution < 1.29 is 23.7 Å². The fourth-order valence-corrected chi connectivity index (χ4v) is 4.09. The first-order chi connectivity index (χ1) is 17.5. The van der Waals surface area contributed by atoms with Crippen LogP contribution in [0.1, 0.15) is 20.7 Å². The summed E-state index contributed by atoms with van der Waals surface area (Å²) in [4.78, 5) is 42.5. The number of imide groups is 1. The number of carbonyl (C=O) groups excluding carboxylic acids is 2. The minimum Gasteiger partial charge on any atom is -0.457 e. The molecule has 0 spiro atoms. The highest BCUT2D eigenvalue weighted by molar-refractivity contribution is 6.34. The van der Waals surface area contributed by atoms with Crippen molar-refractivity contribution in [3.63, 3.8) is 0 Å². The standard InChI is InChI=1S/C27H15N3O6/c31-26-21-12-11-20(35-19-8-4-7-18(14-19)30(33)34)15-22(21)27(32)29(26)17-6-3-5-16(13-17)25-28-23-9-1-2-10-24(23)36-25/h1-15H. The Balaban J connectivity index is 1.31. The minimum atomic E-state index is -0.523. The van der Waals surface area contributed by atoms with Crippen LogP contribution in [-0.2, 0) is 0 Å². The first-order valence-electron chi connectivity index (χ1n) is 10.9. The molecule has 0 radical (unpaired) electrons. The van der Waals surface area contributed by atoms with E-state index in [4.69, 9.17) is 9.15 Å². The van der Waals surface area contributed by atoms with Crippen LogP contribution in [0.5, 0.6) is 11.5 Å². The van der Waals surface area contributed by atoms with Gasteiger partial charge in [-0.2, -0.15) is 0 Å². The molecule has 0 N–H and O–H groups in total. The van der Waals surface area contributed by atoms with Gasteiger partial charge in [-0.05, 0) is 54.6 Å². The molecular weight excluding hydrogens is 462 g/mol. The molecule has 1 aliphatic heterocycles. The minimum absolute atomic E-state index is 0.120. The molecule has 5 aromatic rings. The Labute approximate surface area is 203 Å². The van der Waals surface area contributed by atoms with Crippen LogP contribution in [0, 0.1) is 10.1 Å². The van der Waals surface area contributed by atoms with E-state index in [1.807, 2.05) is 24.3 Å². The molecule has 0 unspecified atom stereocenters. The smallest absolute Gasteiger partial charge is 0.273 e. The van der Waals surface area contributed by atoms with Gasteiger partial charge in [-0.1, -0.05) is 24.3 Å². The summed E-state index contributed by atoms with van der Waals surface area (Å²) in [6.07, 6.45) is 0. The molecule has 4 aromatic carbocycles. The Hall–Kier alpha value is -5.31. The largest absolute Gasteiger partial charge is 0.457 e. The highest BCUT2D eigenvalue weighted by Crippen LogP contribution is 2.35. The van der Waals surface area contributed by atoms with Gasteiger partial charge in [-0.3, -0.25) is 19.7 Å². The van der Waals surface area contributed by atoms with Crippen molar-refractivity contribution in [3.8, 4) is 23.0 Å². The molecule has 9 heteroatoms. The summed E-state index contributed by atoms with van der Waals surface area (Å²) >= 11 is 0. The predicted octanol–water partition coefficient (Wildman–Crippen LogP) is 6.00. The van der Waals surface area contributed by atoms with Gasteiger partial charge in [0.15, 0.2) is 5.58 Å². The Morgan fingerprint density at radius 2 is 1.58 bits per heavy atom. The van der Waals surface area contributed by atoms with E-state index in [1.54, 1.807) is 36.4 Å². The number of hydrogen-bond donors (Lipinski definition) is 0. The van der Waals surface area contributed by atoms with Gasteiger partial charge >= 0.3 is 0 Å². The van der Waals surface area contributed by atoms with E-state index < -0.39 is 16.7 Å². The number of hydrogen-bond acceptors (Lipinski definition) is 7. The fourth-order valence-electron chi connectivity index (χ4n) is 4.09. The summed E-state index contributed by atoms with van der Waals surface area (Å²) in [5.41, 5.74) is 2.63. The van der Waals surface area contributed by atoms with Crippen molar-refractivity contribution in [3.05, 3.63) is 112 Å². The summed E-state index contributed by atoms with van der Waals surface area (Å²) in [5.74, 6) is -0.0792. The van der Waals surface area contributed by atoms with Gasteiger partial charge < -0.3 is 9.15 Å². The fraction of sp³-hybridized carbons (Fsp3) is 0. The number of amides is 2. The molecule has 6 rings (SSSR count). The third-order valence-electron chi connectivity index (χ3n) is 5.77. The topological polar surface area (TPSA) is 116 Å². The molecule has 0 bridgehead atoms. The third kappa shape index (κ3) is 3.55. The van der Waals surface area contributed by atoms with Crippen LogP contribution in [0.25, 0.3) is 22.6 Å². The lowest BCUT2D eigenvalue weighted by Crippen LogP contribution is -2.29. The Morgan fingerprint density at radius 1 is 0.806 bits per heavy atom. The van der Waals surface area contributed by atoms with Crippen LogP contribution >= 0.6 is 0 Å². The molecule has 2 heterocycles. The van der Waals surface area contributed by atoms with Crippen LogP contribution in [0.4, 0.5) is 11.4 Å². The molecule has 0 saturated carbocycles. The van der Waals surface area contributed by atoms with E-state index in [-0.39, 0.29) is 28.3 Å². The van der Waals surface area contributed by atoms with Gasteiger partial charge in [0, 0.05) is 11.6 Å². The molecule has 174 valence electrons. The highest BCUT2D eigenvalue weighted by Gasteiger charge is 2.37. The third-order valence-corrected chi connectivity index (χ3v) is 5.77. The summed E-state index contributed by atoms with van der Waals surface area (Å²) in [5, 5.41) is 11.0. The summed E-state index contributed by atoms with van der Waals surface area (Å²) < 4.78 is 11.5. The summed E-state index contributed by atoms with van der Waals surface area (Å²) in [7, 11) is 0. The van der Waals surface area contributed by atoms with E-state index in [0.717, 1.165) is 4.90 Å². The van der Waals surface area contributed by atoms with E-state index in [1.165, 1.54) is 30.3 Å². The predicted molar refractivity (Wildman–Crippen MR) is 130 cm³/mol. The van der Waals surface area contributed by atoms with Gasteiger partial charge in [0.2, 0.25) is 5.89 Å². The van der Waals surface area contributed by atoms with Crippen molar-refractivity contribution in [1.29, 1.82) is 0 Å². The second-order valence-electron chi connectivity index (χ2n) is 8.05. The van der Waals surface area contributed by atoms with E-state index in [0.29, 0.717) is 28.2 Å². The Morgan fingerprint density at radius 3 is 2.42 bits per heavy atom. The summed E-state index contributed by atoms with van der Waals surface area (Å²) in [6, 6.07) is 24.4. The maximum atomic E-state index is 13.3. The van der Waals surface area contributed by atoms with Crippen LogP contribution in [0.2, 0.25) is 0 Å². The molecule has 1 aliphatic rings. The number of nitrogens with zero attached hydrogens (tertiary/aromatic N) is 3. The number of aromatic nitrogens is 1. The number of rotatable bonds is 5. The van der Waals surface area contributed by atoms with Gasteiger partial charge in [-0.15, -0.1) is 0 Å². The maximum absolute atomic E-state index is 13.3. The van der Waals surface area contributed by atoms with Crippen molar-refractivity contribution in [1.82, 2.24) is 4.98 Å². The average Bonchev–Trinajstić information content (AvgIpc) is 3.43. The Bertz CT molecular complexity index is 1670. The van der Waals surface area contributed by atoms with Crippen molar-refractivity contribution in [2.24, 2.45) is 0 Å². The molecule has 1 aromatic heterocycles.